The number of ether oxygens (including phenoxy) is 2. The maximum Gasteiger partial charge on any atom is 0.513 e. The topological polar surface area (TPSA) is 52.6 Å². The molecule has 0 aliphatic carbocycles. The molecule has 0 unspecified atom stereocenters. The minimum atomic E-state index is -0.835. The predicted molar refractivity (Wildman–Crippen MR) is 49.5 cm³/mol. The summed E-state index contributed by atoms with van der Waals surface area (Å²) in [5, 5.41) is 0. The summed E-state index contributed by atoms with van der Waals surface area (Å²) in [6.07, 6.45) is -0.835. The number of rotatable bonds is 2. The minimum absolute atomic E-state index is 0.162. The third-order valence-corrected chi connectivity index (χ3v) is 1.63. The average molecular weight is 194 g/mol. The Kier molecular flexibility index (Phi) is 3.23. The van der Waals surface area contributed by atoms with Crippen LogP contribution in [0.15, 0.2) is 24.3 Å². The van der Waals surface area contributed by atoms with E-state index in [4.69, 9.17) is 4.74 Å². The molecule has 0 bridgehead atoms. The van der Waals surface area contributed by atoms with Crippen LogP contribution in [0.5, 0.6) is 5.75 Å². The van der Waals surface area contributed by atoms with Gasteiger partial charge in [-0.25, -0.2) is 4.79 Å². The van der Waals surface area contributed by atoms with Crippen LogP contribution in [0.25, 0.3) is 0 Å². The first-order valence-corrected chi connectivity index (χ1v) is 4.01. The molecule has 74 valence electrons. The van der Waals surface area contributed by atoms with Gasteiger partial charge in [0, 0.05) is 0 Å². The SMILES string of the molecule is COC(=O)Oc1ccccc1C(C)=O. The normalized spacial score (nSPS) is 9.29. The summed E-state index contributed by atoms with van der Waals surface area (Å²) >= 11 is 0. The smallest absolute Gasteiger partial charge is 0.437 e. The third-order valence-electron chi connectivity index (χ3n) is 1.63. The van der Waals surface area contributed by atoms with E-state index in [9.17, 15) is 9.59 Å². The van der Waals surface area contributed by atoms with Gasteiger partial charge in [-0.2, -0.15) is 0 Å². The monoisotopic (exact) mass is 194 g/mol. The number of ketones is 1. The van der Waals surface area contributed by atoms with Crippen molar-refractivity contribution in [2.75, 3.05) is 7.11 Å². The molecule has 0 N–H and O–H groups in total. The Morgan fingerprint density at radius 1 is 1.21 bits per heavy atom. The molecule has 1 rings (SSSR count). The number of para-hydroxylation sites is 1. The van der Waals surface area contributed by atoms with Crippen molar-refractivity contribution in [3.05, 3.63) is 29.8 Å². The summed E-state index contributed by atoms with van der Waals surface area (Å²) in [6.45, 7) is 1.40. The molecule has 14 heavy (non-hydrogen) atoms. The number of methoxy groups -OCH3 is 1. The van der Waals surface area contributed by atoms with E-state index in [2.05, 4.69) is 4.74 Å². The molecule has 0 radical (unpaired) electrons. The molecule has 0 heterocycles. The largest absolute Gasteiger partial charge is 0.513 e. The molecule has 0 saturated heterocycles. The number of hydrogen-bond donors (Lipinski definition) is 0. The Morgan fingerprint density at radius 3 is 2.43 bits per heavy atom. The second-order valence-corrected chi connectivity index (χ2v) is 2.61. The van der Waals surface area contributed by atoms with E-state index in [1.807, 2.05) is 0 Å². The molecular formula is C10H10O4. The highest BCUT2D eigenvalue weighted by molar-refractivity contribution is 5.97. The van der Waals surface area contributed by atoms with Gasteiger partial charge in [-0.1, -0.05) is 12.1 Å². The molecule has 0 amide bonds. The first-order valence-electron chi connectivity index (χ1n) is 4.01. The molecule has 1 aromatic carbocycles. The van der Waals surface area contributed by atoms with Gasteiger partial charge in [0.2, 0.25) is 0 Å². The van der Waals surface area contributed by atoms with E-state index in [1.54, 1.807) is 18.2 Å². The van der Waals surface area contributed by atoms with Crippen molar-refractivity contribution in [1.29, 1.82) is 0 Å². The van der Waals surface area contributed by atoms with Crippen LogP contribution in [0.2, 0.25) is 0 Å². The molecule has 0 aliphatic heterocycles. The van der Waals surface area contributed by atoms with Gasteiger partial charge in [-0.3, -0.25) is 4.79 Å². The lowest BCUT2D eigenvalue weighted by Gasteiger charge is -2.05. The van der Waals surface area contributed by atoms with Crippen LogP contribution in [0.1, 0.15) is 17.3 Å². The minimum Gasteiger partial charge on any atom is -0.437 e. The standard InChI is InChI=1S/C10H10O4/c1-7(11)8-5-3-4-6-9(8)14-10(12)13-2/h3-6H,1-2H3. The lowest BCUT2D eigenvalue weighted by Crippen LogP contribution is -2.09. The molecule has 4 nitrogen and oxygen atoms in total. The molecule has 4 heteroatoms. The first-order chi connectivity index (χ1) is 6.65. The summed E-state index contributed by atoms with van der Waals surface area (Å²) in [5.74, 6) is 0.0522. The molecule has 0 fully saturated rings. The summed E-state index contributed by atoms with van der Waals surface area (Å²) in [4.78, 5) is 21.9. The van der Waals surface area contributed by atoms with Crippen LogP contribution in [-0.4, -0.2) is 19.0 Å². The van der Waals surface area contributed by atoms with Crippen LogP contribution in [-0.2, 0) is 4.74 Å². The van der Waals surface area contributed by atoms with E-state index in [0.717, 1.165) is 0 Å². The summed E-state index contributed by atoms with van der Waals surface area (Å²) in [7, 11) is 1.21. The fourth-order valence-corrected chi connectivity index (χ4v) is 0.978. The molecule has 0 atom stereocenters. The zero-order valence-electron chi connectivity index (χ0n) is 7.94. The maximum atomic E-state index is 11.1. The van der Waals surface area contributed by atoms with Gasteiger partial charge in [-0.05, 0) is 19.1 Å². The van der Waals surface area contributed by atoms with Crippen LogP contribution < -0.4 is 4.74 Å². The third kappa shape index (κ3) is 2.32. The van der Waals surface area contributed by atoms with Crippen LogP contribution in [0.4, 0.5) is 4.79 Å². The van der Waals surface area contributed by atoms with Crippen molar-refractivity contribution in [1.82, 2.24) is 0 Å². The molecule has 0 spiro atoms. The Bertz CT molecular complexity index is 357. The fourth-order valence-electron chi connectivity index (χ4n) is 0.978. The number of benzene rings is 1. The first kappa shape index (κ1) is 10.2. The van der Waals surface area contributed by atoms with Crippen molar-refractivity contribution in [3.63, 3.8) is 0 Å². The van der Waals surface area contributed by atoms with Gasteiger partial charge < -0.3 is 9.47 Å². The summed E-state index contributed by atoms with van der Waals surface area (Å²) in [5.41, 5.74) is 0.359. The molecule has 1 aromatic rings. The van der Waals surface area contributed by atoms with Gasteiger partial charge in [0.05, 0.1) is 12.7 Å². The number of carbonyl (C=O) groups is 2. The van der Waals surface area contributed by atoms with Crippen LogP contribution >= 0.6 is 0 Å². The highest BCUT2D eigenvalue weighted by Gasteiger charge is 2.11. The second-order valence-electron chi connectivity index (χ2n) is 2.61. The van der Waals surface area contributed by atoms with E-state index < -0.39 is 6.16 Å². The highest BCUT2D eigenvalue weighted by Crippen LogP contribution is 2.18. The van der Waals surface area contributed by atoms with Crippen molar-refractivity contribution >= 4 is 11.9 Å². The second kappa shape index (κ2) is 4.41. The maximum absolute atomic E-state index is 11.1. The molecule has 0 saturated carbocycles. The lowest BCUT2D eigenvalue weighted by atomic mass is 10.1. The van der Waals surface area contributed by atoms with Gasteiger partial charge in [0.15, 0.2) is 5.78 Å². The number of carbonyl (C=O) groups excluding carboxylic acids is 2. The zero-order chi connectivity index (χ0) is 10.6. The average Bonchev–Trinajstić information content (AvgIpc) is 2.18. The van der Waals surface area contributed by atoms with Gasteiger partial charge in [0.25, 0.3) is 0 Å². The Labute approximate surface area is 81.4 Å². The van der Waals surface area contributed by atoms with Crippen molar-refractivity contribution in [2.45, 2.75) is 6.92 Å². The number of Topliss-reactive ketones (excluding diaryl/α,β-unsaturated/α-hetero) is 1. The van der Waals surface area contributed by atoms with E-state index >= 15 is 0 Å². The van der Waals surface area contributed by atoms with E-state index in [0.29, 0.717) is 5.56 Å². The highest BCUT2D eigenvalue weighted by atomic mass is 16.7. The van der Waals surface area contributed by atoms with E-state index in [1.165, 1.54) is 20.1 Å². The summed E-state index contributed by atoms with van der Waals surface area (Å²) < 4.78 is 9.09. The van der Waals surface area contributed by atoms with Gasteiger partial charge in [-0.15, -0.1) is 0 Å². The lowest BCUT2D eigenvalue weighted by molar-refractivity contribution is 0.101. The molecular weight excluding hydrogens is 184 g/mol. The van der Waals surface area contributed by atoms with Gasteiger partial charge >= 0.3 is 6.16 Å². The predicted octanol–water partition coefficient (Wildman–Crippen LogP) is 2.03. The summed E-state index contributed by atoms with van der Waals surface area (Å²) in [6, 6.07) is 6.49. The molecule has 0 aliphatic rings. The van der Waals surface area contributed by atoms with Crippen molar-refractivity contribution < 1.29 is 19.1 Å². The Balaban J connectivity index is 2.95. The quantitative estimate of drug-likeness (QED) is 0.410. The molecule has 0 aromatic heterocycles. The Hall–Kier alpha value is -1.84. The van der Waals surface area contributed by atoms with Crippen LogP contribution in [0.3, 0.4) is 0 Å². The van der Waals surface area contributed by atoms with Crippen molar-refractivity contribution in [2.24, 2.45) is 0 Å². The van der Waals surface area contributed by atoms with Gasteiger partial charge in [0.1, 0.15) is 5.75 Å². The number of hydrogen-bond acceptors (Lipinski definition) is 4. The van der Waals surface area contributed by atoms with Crippen molar-refractivity contribution in [3.8, 4) is 5.75 Å². The fraction of sp³-hybridized carbons (Fsp3) is 0.200. The van der Waals surface area contributed by atoms with E-state index in [-0.39, 0.29) is 11.5 Å². The zero-order valence-corrected chi connectivity index (χ0v) is 7.94. The Morgan fingerprint density at radius 2 is 1.86 bits per heavy atom. The van der Waals surface area contributed by atoms with Crippen LogP contribution in [0, 0.1) is 0 Å².